The van der Waals surface area contributed by atoms with Crippen LogP contribution in [-0.4, -0.2) is 25.7 Å². The Bertz CT molecular complexity index is 1450. The first-order valence-electron chi connectivity index (χ1n) is 10.6. The number of ether oxygens (including phenoxy) is 2. The predicted octanol–water partition coefficient (Wildman–Crippen LogP) is 4.84. The Morgan fingerprint density at radius 3 is 2.26 bits per heavy atom. The highest BCUT2D eigenvalue weighted by molar-refractivity contribution is 5.98. The van der Waals surface area contributed by atoms with Gasteiger partial charge in [-0.1, -0.05) is 30.3 Å². The highest BCUT2D eigenvalue weighted by Crippen LogP contribution is 2.32. The third kappa shape index (κ3) is 4.42. The van der Waals surface area contributed by atoms with E-state index in [2.05, 4.69) is 9.97 Å². The SMILES string of the molecule is CC(=O)Oc1ccc(Cn2nc(-c3ccc(Oc4ccccc4)cc3)c3c(N)ncnc32)cc1. The largest absolute Gasteiger partial charge is 0.457 e. The predicted molar refractivity (Wildman–Crippen MR) is 129 cm³/mol. The van der Waals surface area contributed by atoms with Crippen LogP contribution in [0.3, 0.4) is 0 Å². The van der Waals surface area contributed by atoms with Crippen LogP contribution in [0.25, 0.3) is 22.3 Å². The second-order valence-electron chi connectivity index (χ2n) is 7.64. The molecule has 0 unspecified atom stereocenters. The van der Waals surface area contributed by atoms with E-state index in [1.807, 2.05) is 66.7 Å². The van der Waals surface area contributed by atoms with Crippen molar-refractivity contribution < 1.29 is 14.3 Å². The number of rotatable bonds is 6. The van der Waals surface area contributed by atoms with Crippen LogP contribution in [0.4, 0.5) is 5.82 Å². The minimum Gasteiger partial charge on any atom is -0.457 e. The van der Waals surface area contributed by atoms with E-state index in [4.69, 9.17) is 20.3 Å². The van der Waals surface area contributed by atoms with Gasteiger partial charge in [0.2, 0.25) is 0 Å². The van der Waals surface area contributed by atoms with Crippen LogP contribution >= 0.6 is 0 Å². The quantitative estimate of drug-likeness (QED) is 0.291. The zero-order valence-electron chi connectivity index (χ0n) is 18.4. The molecule has 3 aromatic carbocycles. The lowest BCUT2D eigenvalue weighted by Crippen LogP contribution is -2.04. The molecule has 0 aliphatic carbocycles. The van der Waals surface area contributed by atoms with Crippen molar-refractivity contribution in [2.75, 3.05) is 5.73 Å². The van der Waals surface area contributed by atoms with E-state index >= 15 is 0 Å². The molecule has 0 radical (unpaired) electrons. The Kier molecular flexibility index (Phi) is 5.61. The standard InChI is InChI=1S/C26H21N5O3/c1-17(32)33-21-11-7-18(8-12-21)15-31-26-23(25(27)28-16-29-26)24(30-31)19-9-13-22(14-10-19)34-20-5-3-2-4-6-20/h2-14,16H,15H2,1H3,(H2,27,28,29). The minimum atomic E-state index is -0.358. The number of para-hydroxylation sites is 1. The van der Waals surface area contributed by atoms with Gasteiger partial charge in [0.05, 0.1) is 11.9 Å². The van der Waals surface area contributed by atoms with E-state index in [0.717, 1.165) is 22.6 Å². The number of carbonyl (C=O) groups excluding carboxylic acids is 1. The van der Waals surface area contributed by atoms with Gasteiger partial charge in [0.15, 0.2) is 5.65 Å². The number of anilines is 1. The molecule has 0 amide bonds. The number of benzene rings is 3. The number of nitrogens with zero attached hydrogens (tertiary/aromatic N) is 4. The molecule has 0 aliphatic heterocycles. The third-order valence-corrected chi connectivity index (χ3v) is 5.18. The van der Waals surface area contributed by atoms with Crippen molar-refractivity contribution >= 4 is 22.8 Å². The smallest absolute Gasteiger partial charge is 0.308 e. The molecule has 2 aromatic heterocycles. The highest BCUT2D eigenvalue weighted by Gasteiger charge is 2.17. The molecule has 0 aliphatic rings. The molecule has 34 heavy (non-hydrogen) atoms. The molecule has 0 saturated carbocycles. The van der Waals surface area contributed by atoms with E-state index in [1.165, 1.54) is 13.3 Å². The average molecular weight is 451 g/mol. The Labute approximate surface area is 195 Å². The summed E-state index contributed by atoms with van der Waals surface area (Å²) in [6.45, 7) is 1.83. The van der Waals surface area contributed by atoms with Crippen LogP contribution in [0.1, 0.15) is 12.5 Å². The number of nitrogen functional groups attached to an aromatic ring is 1. The Balaban J connectivity index is 1.46. The fourth-order valence-corrected chi connectivity index (χ4v) is 3.65. The van der Waals surface area contributed by atoms with Gasteiger partial charge < -0.3 is 15.2 Å². The number of esters is 1. The van der Waals surface area contributed by atoms with Gasteiger partial charge in [0.1, 0.15) is 35.1 Å². The van der Waals surface area contributed by atoms with Crippen molar-refractivity contribution in [3.8, 4) is 28.5 Å². The molecule has 168 valence electrons. The van der Waals surface area contributed by atoms with Crippen molar-refractivity contribution in [2.24, 2.45) is 0 Å². The van der Waals surface area contributed by atoms with Gasteiger partial charge in [-0.15, -0.1) is 0 Å². The number of hydrogen-bond acceptors (Lipinski definition) is 7. The number of nitrogens with two attached hydrogens (primary N) is 1. The molecular weight excluding hydrogens is 430 g/mol. The first-order valence-corrected chi connectivity index (χ1v) is 10.6. The van der Waals surface area contributed by atoms with Crippen LogP contribution in [0, 0.1) is 0 Å². The zero-order valence-corrected chi connectivity index (χ0v) is 18.4. The van der Waals surface area contributed by atoms with E-state index in [9.17, 15) is 4.79 Å². The fourth-order valence-electron chi connectivity index (χ4n) is 3.65. The maximum absolute atomic E-state index is 11.1. The van der Waals surface area contributed by atoms with Crippen LogP contribution < -0.4 is 15.2 Å². The van der Waals surface area contributed by atoms with Crippen LogP contribution in [-0.2, 0) is 11.3 Å². The highest BCUT2D eigenvalue weighted by atomic mass is 16.5. The molecule has 2 heterocycles. The van der Waals surface area contributed by atoms with Crippen molar-refractivity contribution in [1.29, 1.82) is 0 Å². The van der Waals surface area contributed by atoms with Gasteiger partial charge >= 0.3 is 5.97 Å². The van der Waals surface area contributed by atoms with Crippen molar-refractivity contribution in [3.63, 3.8) is 0 Å². The summed E-state index contributed by atoms with van der Waals surface area (Å²) in [5.74, 6) is 1.98. The molecule has 0 spiro atoms. The van der Waals surface area contributed by atoms with Gasteiger partial charge in [-0.05, 0) is 54.1 Å². The van der Waals surface area contributed by atoms with Crippen LogP contribution in [0.5, 0.6) is 17.2 Å². The minimum absolute atomic E-state index is 0.358. The summed E-state index contributed by atoms with van der Waals surface area (Å²) in [7, 11) is 0. The summed E-state index contributed by atoms with van der Waals surface area (Å²) < 4.78 is 12.8. The summed E-state index contributed by atoms with van der Waals surface area (Å²) >= 11 is 0. The van der Waals surface area contributed by atoms with Gasteiger partial charge in [-0.25, -0.2) is 14.6 Å². The molecule has 0 fully saturated rings. The fraction of sp³-hybridized carbons (Fsp3) is 0.0769. The lowest BCUT2D eigenvalue weighted by molar-refractivity contribution is -0.131. The first kappa shape index (κ1) is 21.1. The molecular formula is C26H21N5O3. The number of aromatic nitrogens is 4. The van der Waals surface area contributed by atoms with Gasteiger partial charge in [-0.2, -0.15) is 5.10 Å². The van der Waals surface area contributed by atoms with Gasteiger partial charge in [-0.3, -0.25) is 4.79 Å². The van der Waals surface area contributed by atoms with E-state index < -0.39 is 0 Å². The Hall–Kier alpha value is -4.72. The molecule has 8 heteroatoms. The van der Waals surface area contributed by atoms with Gasteiger partial charge in [0.25, 0.3) is 0 Å². The second kappa shape index (κ2) is 9.03. The lowest BCUT2D eigenvalue weighted by atomic mass is 10.1. The molecule has 0 bridgehead atoms. The normalized spacial score (nSPS) is 10.9. The maximum atomic E-state index is 11.1. The third-order valence-electron chi connectivity index (χ3n) is 5.18. The van der Waals surface area contributed by atoms with Crippen LogP contribution in [0.2, 0.25) is 0 Å². The zero-order chi connectivity index (χ0) is 23.5. The maximum Gasteiger partial charge on any atom is 0.308 e. The summed E-state index contributed by atoms with van der Waals surface area (Å²) in [4.78, 5) is 19.7. The molecule has 8 nitrogen and oxygen atoms in total. The summed E-state index contributed by atoms with van der Waals surface area (Å²) in [5.41, 5.74) is 9.39. The number of hydrogen-bond donors (Lipinski definition) is 1. The monoisotopic (exact) mass is 451 g/mol. The Morgan fingerprint density at radius 2 is 1.56 bits per heavy atom. The molecule has 5 aromatic rings. The molecule has 0 saturated heterocycles. The number of carbonyl (C=O) groups is 1. The lowest BCUT2D eigenvalue weighted by Gasteiger charge is -2.06. The Morgan fingerprint density at radius 1 is 0.882 bits per heavy atom. The van der Waals surface area contributed by atoms with Crippen molar-refractivity contribution in [1.82, 2.24) is 19.7 Å². The number of fused-ring (bicyclic) bond motifs is 1. The molecule has 2 N–H and O–H groups in total. The van der Waals surface area contributed by atoms with Crippen LogP contribution in [0.15, 0.2) is 85.2 Å². The van der Waals surface area contributed by atoms with E-state index in [1.54, 1.807) is 16.8 Å². The summed E-state index contributed by atoms with van der Waals surface area (Å²) in [6, 6.07) is 24.5. The van der Waals surface area contributed by atoms with Crippen molar-refractivity contribution in [3.05, 3.63) is 90.8 Å². The molecule has 0 atom stereocenters. The second-order valence-corrected chi connectivity index (χ2v) is 7.64. The summed E-state index contributed by atoms with van der Waals surface area (Å²) in [6.07, 6.45) is 1.43. The van der Waals surface area contributed by atoms with E-state index in [-0.39, 0.29) is 5.97 Å². The topological polar surface area (TPSA) is 105 Å². The van der Waals surface area contributed by atoms with E-state index in [0.29, 0.717) is 34.8 Å². The van der Waals surface area contributed by atoms with Gasteiger partial charge in [0, 0.05) is 12.5 Å². The molecule has 5 rings (SSSR count). The average Bonchev–Trinajstić information content (AvgIpc) is 3.21. The first-order chi connectivity index (χ1) is 16.6. The van der Waals surface area contributed by atoms with Crippen molar-refractivity contribution in [2.45, 2.75) is 13.5 Å². The summed E-state index contributed by atoms with van der Waals surface area (Å²) in [5, 5.41) is 5.50.